The fourth-order valence-electron chi connectivity index (χ4n) is 2.25. The number of hydrogen-bond acceptors (Lipinski definition) is 4. The van der Waals surface area contributed by atoms with Crippen LogP contribution in [0.5, 0.6) is 0 Å². The van der Waals surface area contributed by atoms with Crippen molar-refractivity contribution in [3.8, 4) is 0 Å². The molecule has 0 saturated heterocycles. The molecule has 112 valence electrons. The number of nitrogens with zero attached hydrogens (tertiary/aromatic N) is 1. The molecule has 0 fully saturated rings. The van der Waals surface area contributed by atoms with E-state index in [4.69, 9.17) is 5.11 Å². The first-order chi connectivity index (χ1) is 9.25. The van der Waals surface area contributed by atoms with Gasteiger partial charge in [-0.1, -0.05) is 32.4 Å². The van der Waals surface area contributed by atoms with E-state index < -0.39 is 10.0 Å². The van der Waals surface area contributed by atoms with Crippen LogP contribution in [-0.4, -0.2) is 30.9 Å². The molecule has 6 heteroatoms. The van der Waals surface area contributed by atoms with Crippen molar-refractivity contribution in [3.05, 3.63) is 28.7 Å². The summed E-state index contributed by atoms with van der Waals surface area (Å²) in [6.45, 7) is 7.28. The van der Waals surface area contributed by atoms with Gasteiger partial charge in [0.15, 0.2) is 0 Å². The van der Waals surface area contributed by atoms with E-state index in [2.05, 4.69) is 20.8 Å². The van der Waals surface area contributed by atoms with Crippen molar-refractivity contribution < 1.29 is 13.5 Å². The molecule has 0 radical (unpaired) electrons. The highest BCUT2D eigenvalue weighted by molar-refractivity contribution is 7.91. The summed E-state index contributed by atoms with van der Waals surface area (Å²) < 4.78 is 26.8. The third kappa shape index (κ3) is 3.14. The largest absolute Gasteiger partial charge is 0.392 e. The van der Waals surface area contributed by atoms with Crippen molar-refractivity contribution in [3.63, 3.8) is 0 Å². The third-order valence-corrected chi connectivity index (χ3v) is 6.87. The first kappa shape index (κ1) is 15.7. The molecule has 0 amide bonds. The van der Waals surface area contributed by atoms with Crippen LogP contribution in [0.1, 0.15) is 32.8 Å². The Morgan fingerprint density at radius 1 is 1.40 bits per heavy atom. The fraction of sp³-hybridized carbons (Fsp3) is 0.571. The summed E-state index contributed by atoms with van der Waals surface area (Å²) in [4.78, 5) is 0. The van der Waals surface area contributed by atoms with Gasteiger partial charge in [0.05, 0.1) is 6.61 Å². The van der Waals surface area contributed by atoms with Crippen molar-refractivity contribution in [1.29, 1.82) is 0 Å². The van der Waals surface area contributed by atoms with E-state index in [9.17, 15) is 8.42 Å². The molecule has 0 unspecified atom stereocenters. The average molecular weight is 315 g/mol. The standard InChI is InChI=1S/C14H21NO3S2/c1-14(2,3)12-4-6-15(7-5-12)20(17,18)13-8-11(9-16)10-19-13/h4,8,10,16H,5-7,9H2,1-3H3. The molecule has 0 atom stereocenters. The second-order valence-electron chi connectivity index (χ2n) is 6.02. The minimum absolute atomic E-state index is 0.100. The number of aliphatic hydroxyl groups excluding tert-OH is 1. The highest BCUT2D eigenvalue weighted by Crippen LogP contribution is 2.32. The summed E-state index contributed by atoms with van der Waals surface area (Å²) in [7, 11) is -3.42. The monoisotopic (exact) mass is 315 g/mol. The third-order valence-electron chi connectivity index (χ3n) is 3.54. The van der Waals surface area contributed by atoms with Crippen molar-refractivity contribution >= 4 is 21.4 Å². The van der Waals surface area contributed by atoms with Crippen molar-refractivity contribution in [1.82, 2.24) is 4.31 Å². The Kier molecular flexibility index (Phi) is 4.39. The number of rotatable bonds is 3. The molecule has 0 spiro atoms. The van der Waals surface area contributed by atoms with Crippen LogP contribution >= 0.6 is 11.3 Å². The van der Waals surface area contributed by atoms with Gasteiger partial charge in [0, 0.05) is 13.1 Å². The van der Waals surface area contributed by atoms with Gasteiger partial charge in [0.1, 0.15) is 4.21 Å². The zero-order valence-electron chi connectivity index (χ0n) is 12.1. The van der Waals surface area contributed by atoms with Gasteiger partial charge in [0.25, 0.3) is 10.0 Å². The summed E-state index contributed by atoms with van der Waals surface area (Å²) in [5.41, 5.74) is 2.06. The molecule has 1 aliphatic heterocycles. The average Bonchev–Trinajstić information content (AvgIpc) is 2.87. The molecule has 1 aromatic rings. The molecule has 0 aliphatic carbocycles. The number of aliphatic hydroxyl groups is 1. The van der Waals surface area contributed by atoms with Crippen LogP contribution in [0.25, 0.3) is 0 Å². The Morgan fingerprint density at radius 3 is 2.55 bits per heavy atom. The minimum Gasteiger partial charge on any atom is -0.392 e. The molecule has 0 bridgehead atoms. The lowest BCUT2D eigenvalue weighted by Crippen LogP contribution is -2.36. The lowest BCUT2D eigenvalue weighted by Gasteiger charge is -2.31. The van der Waals surface area contributed by atoms with Crippen molar-refractivity contribution in [2.24, 2.45) is 5.41 Å². The van der Waals surface area contributed by atoms with E-state index in [1.165, 1.54) is 21.2 Å². The topological polar surface area (TPSA) is 57.6 Å². The number of hydrogen-bond donors (Lipinski definition) is 1. The van der Waals surface area contributed by atoms with E-state index in [0.717, 1.165) is 6.42 Å². The predicted octanol–water partition coefficient (Wildman–Crippen LogP) is 2.61. The van der Waals surface area contributed by atoms with Gasteiger partial charge in [0.2, 0.25) is 0 Å². The zero-order chi connectivity index (χ0) is 15.0. The molecular formula is C14H21NO3S2. The van der Waals surface area contributed by atoms with Gasteiger partial charge in [-0.2, -0.15) is 4.31 Å². The van der Waals surface area contributed by atoms with E-state index in [1.54, 1.807) is 11.4 Å². The smallest absolute Gasteiger partial charge is 0.252 e. The van der Waals surface area contributed by atoms with Crippen LogP contribution in [0.3, 0.4) is 0 Å². The Hall–Kier alpha value is -0.690. The summed E-state index contributed by atoms with van der Waals surface area (Å²) in [5.74, 6) is 0. The van der Waals surface area contributed by atoms with Crippen LogP contribution in [0, 0.1) is 5.41 Å². The number of sulfonamides is 1. The van der Waals surface area contributed by atoms with Gasteiger partial charge >= 0.3 is 0 Å². The van der Waals surface area contributed by atoms with Crippen LogP contribution in [0.15, 0.2) is 27.3 Å². The molecule has 1 aliphatic rings. The molecule has 1 aromatic heterocycles. The highest BCUT2D eigenvalue weighted by atomic mass is 32.2. The highest BCUT2D eigenvalue weighted by Gasteiger charge is 2.29. The lowest BCUT2D eigenvalue weighted by atomic mass is 9.83. The van der Waals surface area contributed by atoms with Crippen molar-refractivity contribution in [2.75, 3.05) is 13.1 Å². The first-order valence-electron chi connectivity index (χ1n) is 6.63. The maximum absolute atomic E-state index is 12.5. The zero-order valence-corrected chi connectivity index (χ0v) is 13.7. The molecule has 1 N–H and O–H groups in total. The molecular weight excluding hydrogens is 294 g/mol. The maximum atomic E-state index is 12.5. The Morgan fingerprint density at radius 2 is 2.10 bits per heavy atom. The van der Waals surface area contributed by atoms with Gasteiger partial charge in [-0.05, 0) is 28.8 Å². The van der Waals surface area contributed by atoms with Gasteiger partial charge in [-0.25, -0.2) is 8.42 Å². The normalized spacial score (nSPS) is 18.1. The van der Waals surface area contributed by atoms with Crippen LogP contribution in [0.2, 0.25) is 0 Å². The fourth-order valence-corrected chi connectivity index (χ4v) is 4.98. The van der Waals surface area contributed by atoms with Gasteiger partial charge in [-0.3, -0.25) is 0 Å². The molecule has 0 saturated carbocycles. The predicted molar refractivity (Wildman–Crippen MR) is 81.2 cm³/mol. The van der Waals surface area contributed by atoms with E-state index >= 15 is 0 Å². The summed E-state index contributed by atoms with van der Waals surface area (Å²) >= 11 is 1.17. The van der Waals surface area contributed by atoms with Crippen LogP contribution in [0.4, 0.5) is 0 Å². The van der Waals surface area contributed by atoms with Gasteiger partial charge < -0.3 is 5.11 Å². The second-order valence-corrected chi connectivity index (χ2v) is 9.10. The SMILES string of the molecule is CC(C)(C)C1=CCN(S(=O)(=O)c2cc(CO)cs2)CC1. The molecule has 4 nitrogen and oxygen atoms in total. The van der Waals surface area contributed by atoms with Gasteiger partial charge in [-0.15, -0.1) is 11.3 Å². The first-order valence-corrected chi connectivity index (χ1v) is 8.95. The lowest BCUT2D eigenvalue weighted by molar-refractivity contribution is 0.282. The van der Waals surface area contributed by atoms with Crippen LogP contribution in [-0.2, 0) is 16.6 Å². The van der Waals surface area contributed by atoms with E-state index in [-0.39, 0.29) is 12.0 Å². The Balaban J connectivity index is 2.19. The van der Waals surface area contributed by atoms with E-state index in [0.29, 0.717) is 22.9 Å². The molecule has 0 aromatic carbocycles. The maximum Gasteiger partial charge on any atom is 0.252 e. The molecule has 2 rings (SSSR count). The van der Waals surface area contributed by atoms with Crippen molar-refractivity contribution in [2.45, 2.75) is 38.0 Å². The Bertz CT molecular complexity index is 609. The summed E-state index contributed by atoms with van der Waals surface area (Å²) in [6, 6.07) is 1.56. The molecule has 20 heavy (non-hydrogen) atoms. The Labute approximate surface area is 124 Å². The number of thiophene rings is 1. The molecule has 2 heterocycles. The minimum atomic E-state index is -3.42. The van der Waals surface area contributed by atoms with E-state index in [1.807, 2.05) is 6.08 Å². The second kappa shape index (κ2) is 5.60. The van der Waals surface area contributed by atoms with Crippen LogP contribution < -0.4 is 0 Å². The summed E-state index contributed by atoms with van der Waals surface area (Å²) in [6.07, 6.45) is 2.81. The quantitative estimate of drug-likeness (QED) is 0.872. The summed E-state index contributed by atoms with van der Waals surface area (Å²) in [5, 5.41) is 10.7.